The zero-order chi connectivity index (χ0) is 16.4. The summed E-state index contributed by atoms with van der Waals surface area (Å²) in [6, 6.07) is 1.68. The van der Waals surface area contributed by atoms with E-state index in [-0.39, 0.29) is 11.5 Å². The molecule has 0 saturated heterocycles. The lowest BCUT2D eigenvalue weighted by Crippen LogP contribution is -2.14. The molecule has 0 aliphatic carbocycles. The lowest BCUT2D eigenvalue weighted by Gasteiger charge is -2.05. The third-order valence-corrected chi connectivity index (χ3v) is 5.18. The number of aryl methyl sites for hydroxylation is 1. The molecule has 2 aromatic heterocycles. The van der Waals surface area contributed by atoms with E-state index < -0.39 is 11.9 Å². The van der Waals surface area contributed by atoms with Crippen LogP contribution >= 0.6 is 22.7 Å². The number of aromatic nitrogens is 1. The van der Waals surface area contributed by atoms with Crippen LogP contribution in [0.2, 0.25) is 0 Å². The van der Waals surface area contributed by atoms with Gasteiger partial charge in [0, 0.05) is 17.6 Å². The molecule has 2 aromatic rings. The Bertz CT molecular complexity index is 785. The fourth-order valence-electron chi connectivity index (χ4n) is 1.86. The topological polar surface area (TPSA) is 77.4 Å². The van der Waals surface area contributed by atoms with Crippen molar-refractivity contribution in [1.29, 1.82) is 0 Å². The van der Waals surface area contributed by atoms with Crippen LogP contribution in [0.3, 0.4) is 0 Å². The van der Waals surface area contributed by atoms with Gasteiger partial charge in [0.25, 0.3) is 5.91 Å². The zero-order valence-corrected chi connectivity index (χ0v) is 14.3. The van der Waals surface area contributed by atoms with E-state index >= 15 is 0 Å². The molecule has 0 atom stereocenters. The summed E-state index contributed by atoms with van der Waals surface area (Å²) in [5, 5.41) is 3.14. The Balaban J connectivity index is 2.31. The van der Waals surface area contributed by atoms with Crippen LogP contribution in [-0.2, 0) is 11.8 Å². The SMILES string of the molecule is CCOC(=O)c1cc(C)sc1NC(=O)c1sc(=O)n(C)c1C. The van der Waals surface area contributed by atoms with E-state index in [0.29, 0.717) is 21.1 Å². The summed E-state index contributed by atoms with van der Waals surface area (Å²) in [5.74, 6) is -0.868. The molecular formula is C14H16N2O4S2. The number of ether oxygens (including phenoxy) is 1. The molecule has 0 spiro atoms. The van der Waals surface area contributed by atoms with Gasteiger partial charge in [-0.05, 0) is 26.8 Å². The number of rotatable bonds is 4. The van der Waals surface area contributed by atoms with Gasteiger partial charge in [0.15, 0.2) is 0 Å². The van der Waals surface area contributed by atoms with Crippen molar-refractivity contribution in [3.8, 4) is 0 Å². The van der Waals surface area contributed by atoms with Gasteiger partial charge in [0.2, 0.25) is 0 Å². The van der Waals surface area contributed by atoms with E-state index in [1.165, 1.54) is 15.9 Å². The van der Waals surface area contributed by atoms with Crippen molar-refractivity contribution in [2.75, 3.05) is 11.9 Å². The third-order valence-electron chi connectivity index (χ3n) is 3.08. The van der Waals surface area contributed by atoms with Gasteiger partial charge in [0.1, 0.15) is 9.88 Å². The highest BCUT2D eigenvalue weighted by Crippen LogP contribution is 2.29. The second-order valence-corrected chi connectivity index (χ2v) is 6.83. The summed E-state index contributed by atoms with van der Waals surface area (Å²) in [5.41, 5.74) is 0.928. The first-order valence-corrected chi connectivity index (χ1v) is 8.23. The van der Waals surface area contributed by atoms with Crippen LogP contribution in [0.5, 0.6) is 0 Å². The van der Waals surface area contributed by atoms with Gasteiger partial charge in [-0.25, -0.2) is 4.79 Å². The first kappa shape index (κ1) is 16.4. The van der Waals surface area contributed by atoms with Crippen molar-refractivity contribution in [3.63, 3.8) is 0 Å². The van der Waals surface area contributed by atoms with E-state index in [1.807, 2.05) is 6.92 Å². The summed E-state index contributed by atoms with van der Waals surface area (Å²) in [6.45, 7) is 5.54. The molecule has 0 unspecified atom stereocenters. The first-order chi connectivity index (χ1) is 10.3. The predicted octanol–water partition coefficient (Wildman–Crippen LogP) is 2.55. The highest BCUT2D eigenvalue weighted by atomic mass is 32.1. The lowest BCUT2D eigenvalue weighted by atomic mass is 10.3. The second kappa shape index (κ2) is 6.45. The molecule has 0 radical (unpaired) electrons. The standard InChI is InChI=1S/C14H16N2O4S2/c1-5-20-13(18)9-6-7(2)21-12(9)15-11(17)10-8(3)16(4)14(19)22-10/h6H,5H2,1-4H3,(H,15,17). The van der Waals surface area contributed by atoms with Gasteiger partial charge in [-0.1, -0.05) is 11.3 Å². The van der Waals surface area contributed by atoms with Crippen LogP contribution in [0, 0.1) is 13.8 Å². The van der Waals surface area contributed by atoms with E-state index in [0.717, 1.165) is 16.2 Å². The number of esters is 1. The van der Waals surface area contributed by atoms with Crippen LogP contribution < -0.4 is 10.2 Å². The fraction of sp³-hybridized carbons (Fsp3) is 0.357. The van der Waals surface area contributed by atoms with E-state index in [2.05, 4.69) is 5.32 Å². The summed E-state index contributed by atoms with van der Waals surface area (Å²) in [6.07, 6.45) is 0. The number of thiazole rings is 1. The Labute approximate surface area is 135 Å². The van der Waals surface area contributed by atoms with E-state index in [4.69, 9.17) is 4.74 Å². The Morgan fingerprint density at radius 3 is 2.55 bits per heavy atom. The highest BCUT2D eigenvalue weighted by molar-refractivity contribution is 7.17. The van der Waals surface area contributed by atoms with Crippen molar-refractivity contribution in [1.82, 2.24) is 4.57 Å². The largest absolute Gasteiger partial charge is 0.462 e. The molecule has 0 bridgehead atoms. The van der Waals surface area contributed by atoms with Gasteiger partial charge in [-0.3, -0.25) is 9.59 Å². The molecule has 0 aliphatic heterocycles. The molecule has 0 aliphatic rings. The molecule has 0 saturated carbocycles. The Morgan fingerprint density at radius 1 is 1.32 bits per heavy atom. The number of hydrogen-bond donors (Lipinski definition) is 1. The highest BCUT2D eigenvalue weighted by Gasteiger charge is 2.21. The number of hydrogen-bond acceptors (Lipinski definition) is 6. The lowest BCUT2D eigenvalue weighted by molar-refractivity contribution is 0.0528. The minimum atomic E-state index is -0.472. The smallest absolute Gasteiger partial charge is 0.341 e. The quantitative estimate of drug-likeness (QED) is 0.868. The Hall–Kier alpha value is -1.93. The number of anilines is 1. The maximum atomic E-state index is 12.3. The third kappa shape index (κ3) is 3.12. The minimum absolute atomic E-state index is 0.198. The first-order valence-electron chi connectivity index (χ1n) is 6.60. The van der Waals surface area contributed by atoms with Crippen molar-refractivity contribution in [2.45, 2.75) is 20.8 Å². The monoisotopic (exact) mass is 340 g/mol. The molecule has 6 nitrogen and oxygen atoms in total. The van der Waals surface area contributed by atoms with Crippen molar-refractivity contribution in [3.05, 3.63) is 36.7 Å². The molecule has 8 heteroatoms. The molecule has 2 rings (SSSR count). The molecule has 1 N–H and O–H groups in total. The summed E-state index contributed by atoms with van der Waals surface area (Å²) >= 11 is 2.18. The molecule has 2 heterocycles. The maximum Gasteiger partial charge on any atom is 0.341 e. The van der Waals surface area contributed by atoms with E-state index in [9.17, 15) is 14.4 Å². The van der Waals surface area contributed by atoms with Crippen molar-refractivity contribution in [2.24, 2.45) is 7.05 Å². The minimum Gasteiger partial charge on any atom is -0.462 e. The Kier molecular flexibility index (Phi) is 4.82. The van der Waals surface area contributed by atoms with Crippen LogP contribution in [0.25, 0.3) is 0 Å². The van der Waals surface area contributed by atoms with E-state index in [1.54, 1.807) is 27.0 Å². The van der Waals surface area contributed by atoms with Crippen molar-refractivity contribution < 1.29 is 14.3 Å². The normalized spacial score (nSPS) is 10.5. The molecular weight excluding hydrogens is 324 g/mol. The zero-order valence-electron chi connectivity index (χ0n) is 12.7. The number of nitrogens with zero attached hydrogens (tertiary/aromatic N) is 1. The number of amides is 1. The van der Waals surface area contributed by atoms with Crippen LogP contribution in [0.4, 0.5) is 5.00 Å². The average molecular weight is 340 g/mol. The van der Waals surface area contributed by atoms with Crippen LogP contribution in [0.15, 0.2) is 10.9 Å². The Morgan fingerprint density at radius 2 is 2.00 bits per heavy atom. The van der Waals surface area contributed by atoms with Gasteiger partial charge < -0.3 is 14.6 Å². The summed E-state index contributed by atoms with van der Waals surface area (Å²) in [4.78, 5) is 36.9. The molecule has 118 valence electrons. The van der Waals surface area contributed by atoms with Gasteiger partial charge in [-0.15, -0.1) is 11.3 Å². The van der Waals surface area contributed by atoms with Gasteiger partial charge >= 0.3 is 10.8 Å². The molecule has 1 amide bonds. The summed E-state index contributed by atoms with van der Waals surface area (Å²) < 4.78 is 6.40. The number of carbonyl (C=O) groups is 2. The van der Waals surface area contributed by atoms with Crippen molar-refractivity contribution >= 4 is 39.6 Å². The average Bonchev–Trinajstić information content (AvgIpc) is 2.94. The summed E-state index contributed by atoms with van der Waals surface area (Å²) in [7, 11) is 1.62. The maximum absolute atomic E-state index is 12.3. The van der Waals surface area contributed by atoms with Gasteiger partial charge in [0.05, 0.1) is 12.2 Å². The van der Waals surface area contributed by atoms with Gasteiger partial charge in [-0.2, -0.15) is 0 Å². The number of carbonyl (C=O) groups excluding carboxylic acids is 2. The molecule has 0 aromatic carbocycles. The fourth-order valence-corrected chi connectivity index (χ4v) is 3.63. The van der Waals surface area contributed by atoms with Crippen LogP contribution in [0.1, 0.15) is 37.5 Å². The number of thiophene rings is 1. The second-order valence-electron chi connectivity index (χ2n) is 4.62. The van der Waals surface area contributed by atoms with Crippen LogP contribution in [-0.4, -0.2) is 23.1 Å². The predicted molar refractivity (Wildman–Crippen MR) is 87.3 cm³/mol. The number of nitrogens with one attached hydrogen (secondary N) is 1. The molecule has 0 fully saturated rings. The molecule has 22 heavy (non-hydrogen) atoms.